The molecular formula is C23H35I2N4O6-. The number of rotatable bonds is 13. The molecule has 0 saturated heterocycles. The van der Waals surface area contributed by atoms with Crippen molar-refractivity contribution in [3.63, 3.8) is 0 Å². The van der Waals surface area contributed by atoms with E-state index in [1.54, 1.807) is 6.92 Å². The van der Waals surface area contributed by atoms with Crippen molar-refractivity contribution < 1.29 is 46.5 Å². The van der Waals surface area contributed by atoms with Crippen LogP contribution in [0.2, 0.25) is 0 Å². The minimum absolute atomic E-state index is 0.200. The van der Waals surface area contributed by atoms with Crippen molar-refractivity contribution in [2.24, 2.45) is 5.92 Å². The number of halogens is 2. The molecule has 10 nitrogen and oxygen atoms in total. The first-order chi connectivity index (χ1) is 16.8. The van der Waals surface area contributed by atoms with Crippen molar-refractivity contribution in [1.29, 1.82) is 0 Å². The number of alkyl halides is 1. The van der Waals surface area contributed by atoms with E-state index in [4.69, 9.17) is 14.5 Å². The van der Waals surface area contributed by atoms with E-state index in [1.807, 2.05) is 0 Å². The zero-order chi connectivity index (χ0) is 25.2. The Morgan fingerprint density at radius 3 is 2.89 bits per heavy atom. The fourth-order valence-corrected chi connectivity index (χ4v) is 12.4. The van der Waals surface area contributed by atoms with Crippen LogP contribution in [0.4, 0.5) is 15.4 Å². The number of fused-ring (bicyclic) bond motifs is 1. The summed E-state index contributed by atoms with van der Waals surface area (Å²) >= 11 is -3.34. The predicted molar refractivity (Wildman–Crippen MR) is 137 cm³/mol. The van der Waals surface area contributed by atoms with Crippen LogP contribution in [-0.4, -0.2) is 62.4 Å². The number of hydrogen-bond acceptors (Lipinski definition) is 7. The summed E-state index contributed by atoms with van der Waals surface area (Å²) in [5, 5.41) is 15.5. The van der Waals surface area contributed by atoms with Crippen molar-refractivity contribution >= 4 is 37.6 Å². The van der Waals surface area contributed by atoms with Crippen LogP contribution < -0.4 is 31.7 Å². The molecule has 2 amide bonds. The molecule has 1 aromatic heterocycles. The van der Waals surface area contributed by atoms with Crippen molar-refractivity contribution in [3.05, 3.63) is 23.4 Å². The summed E-state index contributed by atoms with van der Waals surface area (Å²) < 4.78 is 13.5. The maximum atomic E-state index is 11.9. The van der Waals surface area contributed by atoms with Gasteiger partial charge in [0.25, 0.3) is 0 Å². The quantitative estimate of drug-likeness (QED) is 0.100. The van der Waals surface area contributed by atoms with E-state index in [-0.39, 0.29) is 18.6 Å². The van der Waals surface area contributed by atoms with Crippen LogP contribution in [0.1, 0.15) is 50.8 Å². The Morgan fingerprint density at radius 1 is 1.34 bits per heavy atom. The van der Waals surface area contributed by atoms with E-state index >= 15 is 0 Å². The second-order valence-corrected chi connectivity index (χ2v) is 22.8. The zero-order valence-electron chi connectivity index (χ0n) is 20.1. The summed E-state index contributed by atoms with van der Waals surface area (Å²) in [6, 6.07) is 4.34. The number of pyridine rings is 1. The molecule has 0 aromatic carbocycles. The molecule has 2 heterocycles. The van der Waals surface area contributed by atoms with Crippen LogP contribution >= 0.6 is 15.8 Å². The van der Waals surface area contributed by atoms with Gasteiger partial charge >= 0.3 is 202 Å². The fraction of sp³-hybridized carbons (Fsp3) is 0.652. The molecule has 0 radical (unpaired) electrons. The first kappa shape index (κ1) is 28.2. The molecular weight excluding hydrogens is 682 g/mol. The second-order valence-electron chi connectivity index (χ2n) is 8.78. The Morgan fingerprint density at radius 2 is 2.14 bits per heavy atom. The van der Waals surface area contributed by atoms with Gasteiger partial charge in [-0.15, -0.1) is 0 Å². The third-order valence-corrected chi connectivity index (χ3v) is 19.1. The SMILES string of the molecule is CC(=O)NC[C@H](C)OC(=O)N[I-]I(CCOC1CC(CCc2ccc3c(n2)NCCC3)C1)C(=O)O. The molecule has 1 aliphatic heterocycles. The van der Waals surface area contributed by atoms with Gasteiger partial charge in [0.15, 0.2) is 0 Å². The minimum atomic E-state index is -2.36. The van der Waals surface area contributed by atoms with Crippen LogP contribution in [0.3, 0.4) is 0 Å². The summed E-state index contributed by atoms with van der Waals surface area (Å²) in [6.45, 7) is 4.71. The Labute approximate surface area is 220 Å². The van der Waals surface area contributed by atoms with Gasteiger partial charge in [0.05, 0.1) is 0 Å². The Hall–Kier alpha value is -1.42. The van der Waals surface area contributed by atoms with Gasteiger partial charge in [-0.1, -0.05) is 0 Å². The topological polar surface area (TPSA) is 139 Å². The number of amides is 2. The molecule has 1 aromatic rings. The summed E-state index contributed by atoms with van der Waals surface area (Å²) in [4.78, 5) is 39.2. The summed E-state index contributed by atoms with van der Waals surface area (Å²) in [5.41, 5.74) is 2.45. The maximum absolute atomic E-state index is 11.9. The molecule has 0 spiro atoms. The molecule has 4 N–H and O–H groups in total. The molecule has 3 rings (SSSR count). The van der Waals surface area contributed by atoms with E-state index < -0.39 is 49.5 Å². The predicted octanol–water partition coefficient (Wildman–Crippen LogP) is 0.522. The molecule has 0 bridgehead atoms. The number of carbonyl (C=O) groups excluding carboxylic acids is 2. The average molecular weight is 717 g/mol. The summed E-state index contributed by atoms with van der Waals surface area (Å²) in [7, 11) is 0. The van der Waals surface area contributed by atoms with Crippen LogP contribution in [-0.2, 0) is 27.1 Å². The summed E-state index contributed by atoms with van der Waals surface area (Å²) in [6.07, 6.45) is 5.45. The Balaban J connectivity index is 1.27. The van der Waals surface area contributed by atoms with Gasteiger partial charge in [0, 0.05) is 6.54 Å². The third kappa shape index (κ3) is 9.86. The van der Waals surface area contributed by atoms with Crippen LogP contribution in [0.5, 0.6) is 0 Å². The second kappa shape index (κ2) is 14.4. The molecule has 0 unspecified atom stereocenters. The van der Waals surface area contributed by atoms with Gasteiger partial charge in [-0.05, 0) is 12.8 Å². The van der Waals surface area contributed by atoms with Crippen molar-refractivity contribution in [3.8, 4) is 0 Å². The van der Waals surface area contributed by atoms with Gasteiger partial charge in [0.1, 0.15) is 0 Å². The average Bonchev–Trinajstić information content (AvgIpc) is 2.80. The van der Waals surface area contributed by atoms with Crippen molar-refractivity contribution in [1.82, 2.24) is 13.8 Å². The first-order valence-corrected chi connectivity index (χ1v) is 21.9. The molecule has 1 atom stereocenters. The van der Waals surface area contributed by atoms with Crippen LogP contribution in [0, 0.1) is 5.92 Å². The molecule has 1 saturated carbocycles. The Bertz CT molecular complexity index is 884. The summed E-state index contributed by atoms with van der Waals surface area (Å²) in [5.74, 6) is 1.48. The first-order valence-electron chi connectivity index (χ1n) is 11.9. The van der Waals surface area contributed by atoms with Gasteiger partial charge < -0.3 is 0 Å². The number of aryl methyl sites for hydroxylation is 2. The van der Waals surface area contributed by atoms with E-state index in [1.165, 1.54) is 18.9 Å². The molecule has 1 aliphatic carbocycles. The zero-order valence-corrected chi connectivity index (χ0v) is 24.5. The monoisotopic (exact) mass is 717 g/mol. The number of carboxylic acid groups (broad SMARTS) is 1. The van der Waals surface area contributed by atoms with E-state index in [9.17, 15) is 19.5 Å². The van der Waals surface area contributed by atoms with Crippen LogP contribution in [0.15, 0.2) is 12.1 Å². The number of ether oxygens (including phenoxy) is 2. The van der Waals surface area contributed by atoms with Crippen molar-refractivity contribution in [2.75, 3.05) is 29.4 Å². The van der Waals surface area contributed by atoms with Crippen molar-refractivity contribution in [2.45, 2.75) is 64.6 Å². The van der Waals surface area contributed by atoms with Gasteiger partial charge in [-0.25, -0.2) is 0 Å². The number of nitrogens with zero attached hydrogens (tertiary/aromatic N) is 1. The van der Waals surface area contributed by atoms with Crippen LogP contribution in [0.25, 0.3) is 0 Å². The third-order valence-electron chi connectivity index (χ3n) is 5.87. The molecule has 35 heavy (non-hydrogen) atoms. The fourth-order valence-electron chi connectivity index (χ4n) is 3.94. The molecule has 2 aliphatic rings. The normalized spacial score (nSPS) is 20.0. The number of hydrogen-bond donors (Lipinski definition) is 4. The number of nitrogens with one attached hydrogen (secondary N) is 3. The Kier molecular flexibility index (Phi) is 11.5. The molecule has 12 heteroatoms. The standard InChI is InChI=1S/C23H35I2N4O6/c1-15(14-27-16(2)30)35-23(33)29-24-25(22(31)32)9-11-34-20-12-17(13-20)5-7-19-8-6-18-4-3-10-26-21(18)28-19/h6,8,15,17,20H,3-5,7,9-14H2,1-2H3,(H,26,28)(H,27,30)(H,29,33)(H,31,32)/q-1/t15-,17?,20?/m0/s1. The van der Waals surface area contributed by atoms with Gasteiger partial charge in [-0.3, -0.25) is 0 Å². The number of anilines is 1. The molecule has 1 fully saturated rings. The molecule has 198 valence electrons. The number of aromatic nitrogens is 1. The van der Waals surface area contributed by atoms with Gasteiger partial charge in [0.2, 0.25) is 0 Å². The van der Waals surface area contributed by atoms with Gasteiger partial charge in [-0.2, -0.15) is 0 Å². The number of carbonyl (C=O) groups is 3. The van der Waals surface area contributed by atoms with E-state index in [0.29, 0.717) is 17.0 Å². The van der Waals surface area contributed by atoms with E-state index in [2.05, 4.69) is 26.3 Å². The van der Waals surface area contributed by atoms with E-state index in [0.717, 1.165) is 50.2 Å².